The molecule has 0 rings (SSSR count). The third-order valence-electron chi connectivity index (χ3n) is 3.49. The first kappa shape index (κ1) is 23.3. The number of hydrogen-bond donors (Lipinski definition) is 1. The summed E-state index contributed by atoms with van der Waals surface area (Å²) in [7, 11) is 0. The van der Waals surface area contributed by atoms with E-state index in [0.29, 0.717) is 6.42 Å². The van der Waals surface area contributed by atoms with Gasteiger partial charge in [-0.15, -0.1) is 12.3 Å². The number of aliphatic carboxylic acids is 1. The monoisotopic (exact) mass is 313 g/mol. The maximum Gasteiger partial charge on any atom is 0.303 e. The van der Waals surface area contributed by atoms with Crippen LogP contribution in [0, 0.1) is 0 Å². The molecule has 0 aliphatic carbocycles. The van der Waals surface area contributed by atoms with Crippen LogP contribution >= 0.6 is 0 Å². The van der Waals surface area contributed by atoms with Crippen molar-refractivity contribution in [1.82, 2.24) is 0 Å². The largest absolute Gasteiger partial charge is 0.876 e. The highest BCUT2D eigenvalue weighted by molar-refractivity contribution is 5.66. The fraction of sp³-hybridized carbons (Fsp3) is 0.842. The summed E-state index contributed by atoms with van der Waals surface area (Å²) in [6, 6.07) is 0. The topological polar surface area (TPSA) is 60.4 Å². The van der Waals surface area contributed by atoms with Crippen LogP contribution in [0.5, 0.6) is 0 Å². The summed E-state index contributed by atoms with van der Waals surface area (Å²) in [5.41, 5.74) is 0. The zero-order valence-corrected chi connectivity index (χ0v) is 14.9. The molecule has 22 heavy (non-hydrogen) atoms. The number of unbranched alkanes of at least 4 members (excludes halogenated alkanes) is 12. The normalized spacial score (nSPS) is 9.91. The number of rotatable bonds is 14. The molecule has 0 saturated carbocycles. The Morgan fingerprint density at radius 3 is 1.36 bits per heavy atom. The minimum Gasteiger partial charge on any atom is -0.876 e. The molecule has 3 heteroatoms. The number of allylic oxidation sites excluding steroid dienone is 1. The lowest BCUT2D eigenvalue weighted by Gasteiger charge is -2.02. The quantitative estimate of drug-likeness (QED) is 0.343. The van der Waals surface area contributed by atoms with Gasteiger partial charge in [-0.05, 0) is 6.42 Å². The molecule has 0 amide bonds. The molecule has 0 atom stereocenters. The second-order valence-corrected chi connectivity index (χ2v) is 6.09. The fourth-order valence-electron chi connectivity index (χ4n) is 2.29. The Morgan fingerprint density at radius 2 is 1.09 bits per heavy atom. The number of carboxylic acids is 1. The third-order valence-corrected chi connectivity index (χ3v) is 3.49. The van der Waals surface area contributed by atoms with Gasteiger partial charge < -0.3 is 10.2 Å². The highest BCUT2D eigenvalue weighted by atomic mass is 16.4. The van der Waals surface area contributed by atoms with Gasteiger partial charge in [-0.1, -0.05) is 90.9 Å². The first-order chi connectivity index (χ1) is 10.5. The van der Waals surface area contributed by atoms with E-state index in [1.807, 2.05) is 0 Å². The van der Waals surface area contributed by atoms with Gasteiger partial charge >= 0.3 is 5.97 Å². The van der Waals surface area contributed by atoms with Crippen molar-refractivity contribution in [1.29, 1.82) is 0 Å². The van der Waals surface area contributed by atoms with E-state index in [2.05, 4.69) is 13.5 Å². The Labute approximate surface area is 137 Å². The van der Waals surface area contributed by atoms with Crippen molar-refractivity contribution in [3.05, 3.63) is 12.3 Å². The maximum atomic E-state index is 10.3. The van der Waals surface area contributed by atoms with Crippen LogP contribution in [0.15, 0.2) is 12.3 Å². The predicted molar refractivity (Wildman–Crippen MR) is 92.8 cm³/mol. The van der Waals surface area contributed by atoms with Crippen LogP contribution in [-0.4, -0.2) is 11.1 Å². The SMILES string of the molecule is C=C(C)[O-].CCCCCCCCCCCCCCCC(=O)O. The van der Waals surface area contributed by atoms with E-state index in [1.54, 1.807) is 0 Å². The van der Waals surface area contributed by atoms with Gasteiger partial charge in [0.1, 0.15) is 0 Å². The molecule has 0 saturated heterocycles. The van der Waals surface area contributed by atoms with Crippen molar-refractivity contribution in [3.8, 4) is 0 Å². The highest BCUT2D eigenvalue weighted by Crippen LogP contribution is 2.12. The summed E-state index contributed by atoms with van der Waals surface area (Å²) in [5.74, 6) is -0.738. The minimum absolute atomic E-state index is 0.0833. The Hall–Kier alpha value is -0.990. The van der Waals surface area contributed by atoms with Crippen LogP contribution in [0.1, 0.15) is 104 Å². The van der Waals surface area contributed by atoms with Crippen LogP contribution in [-0.2, 0) is 4.79 Å². The zero-order valence-electron chi connectivity index (χ0n) is 14.9. The molecule has 3 nitrogen and oxygen atoms in total. The van der Waals surface area contributed by atoms with Crippen molar-refractivity contribution in [3.63, 3.8) is 0 Å². The maximum absolute atomic E-state index is 10.3. The van der Waals surface area contributed by atoms with Crippen molar-refractivity contribution in [2.45, 2.75) is 104 Å². The van der Waals surface area contributed by atoms with E-state index in [1.165, 1.54) is 77.6 Å². The van der Waals surface area contributed by atoms with Gasteiger partial charge in [-0.25, -0.2) is 0 Å². The summed E-state index contributed by atoms with van der Waals surface area (Å²) < 4.78 is 0. The van der Waals surface area contributed by atoms with E-state index >= 15 is 0 Å². The average molecular weight is 314 g/mol. The van der Waals surface area contributed by atoms with Crippen LogP contribution in [0.4, 0.5) is 0 Å². The molecule has 0 aliphatic rings. The lowest BCUT2D eigenvalue weighted by atomic mass is 10.0. The number of carbonyl (C=O) groups is 1. The molecule has 0 aliphatic heterocycles. The van der Waals surface area contributed by atoms with Crippen LogP contribution in [0.2, 0.25) is 0 Å². The summed E-state index contributed by atoms with van der Waals surface area (Å²) in [6.07, 6.45) is 17.3. The van der Waals surface area contributed by atoms with Crippen LogP contribution in [0.3, 0.4) is 0 Å². The van der Waals surface area contributed by atoms with Gasteiger partial charge in [0.05, 0.1) is 0 Å². The molecule has 0 aromatic rings. The second-order valence-electron chi connectivity index (χ2n) is 6.09. The van der Waals surface area contributed by atoms with Crippen molar-refractivity contribution in [2.75, 3.05) is 0 Å². The van der Waals surface area contributed by atoms with Gasteiger partial charge in [0.25, 0.3) is 0 Å². The molecule has 0 unspecified atom stereocenters. The van der Waals surface area contributed by atoms with E-state index in [4.69, 9.17) is 5.11 Å². The molecule has 0 spiro atoms. The molecule has 0 bridgehead atoms. The minimum atomic E-state index is -0.655. The van der Waals surface area contributed by atoms with Gasteiger partial charge in [-0.2, -0.15) is 0 Å². The standard InChI is InChI=1S/C16H32O2.C3H6O/c1-2-3-4-5-6-7-8-9-10-11-12-13-14-15-16(17)18;1-3(2)4/h2-15H2,1H3,(H,17,18);4H,1H2,2H3/p-1. The molecule has 0 fully saturated rings. The lowest BCUT2D eigenvalue weighted by molar-refractivity contribution is -0.300. The first-order valence-electron chi connectivity index (χ1n) is 9.05. The molecular weight excluding hydrogens is 276 g/mol. The van der Waals surface area contributed by atoms with Crippen LogP contribution in [0.25, 0.3) is 0 Å². The van der Waals surface area contributed by atoms with Gasteiger partial charge in [0, 0.05) is 6.42 Å². The van der Waals surface area contributed by atoms with Crippen molar-refractivity contribution in [2.24, 2.45) is 0 Å². The van der Waals surface area contributed by atoms with E-state index < -0.39 is 5.97 Å². The summed E-state index contributed by atoms with van der Waals surface area (Å²) in [6.45, 7) is 6.68. The van der Waals surface area contributed by atoms with E-state index in [9.17, 15) is 9.90 Å². The fourth-order valence-corrected chi connectivity index (χ4v) is 2.29. The Morgan fingerprint density at radius 1 is 0.818 bits per heavy atom. The molecule has 132 valence electrons. The van der Waals surface area contributed by atoms with E-state index in [-0.39, 0.29) is 5.76 Å². The molecule has 0 heterocycles. The van der Waals surface area contributed by atoms with Gasteiger partial charge in [0.2, 0.25) is 0 Å². The Kier molecular flexibility index (Phi) is 21.2. The van der Waals surface area contributed by atoms with Crippen molar-refractivity contribution < 1.29 is 15.0 Å². The van der Waals surface area contributed by atoms with Gasteiger partial charge in [0.15, 0.2) is 0 Å². The predicted octanol–water partition coefficient (Wildman–Crippen LogP) is 5.43. The molecule has 0 aromatic heterocycles. The summed E-state index contributed by atoms with van der Waals surface area (Å²) in [5, 5.41) is 17.8. The number of carboxylic acid groups (broad SMARTS) is 1. The van der Waals surface area contributed by atoms with Gasteiger partial charge in [-0.3, -0.25) is 4.79 Å². The first-order valence-corrected chi connectivity index (χ1v) is 9.05. The molecule has 0 radical (unpaired) electrons. The van der Waals surface area contributed by atoms with Crippen molar-refractivity contribution >= 4 is 5.97 Å². The second kappa shape index (κ2) is 20.0. The van der Waals surface area contributed by atoms with Crippen LogP contribution < -0.4 is 5.11 Å². The highest BCUT2D eigenvalue weighted by Gasteiger charge is 1.96. The molecular formula is C19H37O3-. The van der Waals surface area contributed by atoms with E-state index in [0.717, 1.165) is 12.8 Å². The lowest BCUT2D eigenvalue weighted by Crippen LogP contribution is -1.93. The Balaban J connectivity index is 0. The molecule has 0 aromatic carbocycles. The third kappa shape index (κ3) is 31.4. The number of hydrogen-bond acceptors (Lipinski definition) is 2. The average Bonchev–Trinajstić information content (AvgIpc) is 2.43. The summed E-state index contributed by atoms with van der Waals surface area (Å²) >= 11 is 0. The summed E-state index contributed by atoms with van der Waals surface area (Å²) in [4.78, 5) is 10.3. The molecule has 1 N–H and O–H groups in total. The smallest absolute Gasteiger partial charge is 0.303 e. The Bertz CT molecular complexity index is 245. The zero-order chi connectivity index (χ0) is 17.1.